The van der Waals surface area contributed by atoms with Crippen LogP contribution < -0.4 is 14.8 Å². The summed E-state index contributed by atoms with van der Waals surface area (Å²) in [6.45, 7) is 0.773. The molecule has 1 amide bonds. The smallest absolute Gasteiger partial charge is 0.223 e. The number of ether oxygens (including phenoxy) is 2. The summed E-state index contributed by atoms with van der Waals surface area (Å²) in [5.74, 6) is 1.29. The van der Waals surface area contributed by atoms with E-state index in [0.29, 0.717) is 35.4 Å². The normalized spacial score (nSPS) is 13.4. The van der Waals surface area contributed by atoms with E-state index in [1.807, 2.05) is 0 Å². The Morgan fingerprint density at radius 2 is 2.00 bits per heavy atom. The summed E-state index contributed by atoms with van der Waals surface area (Å²) in [5, 5.41) is 3.20. The second-order valence-electron chi connectivity index (χ2n) is 5.57. The van der Waals surface area contributed by atoms with Gasteiger partial charge in [-0.25, -0.2) is 4.39 Å². The summed E-state index contributed by atoms with van der Waals surface area (Å²) in [5.41, 5.74) is 0. The molecule has 2 aromatic rings. The van der Waals surface area contributed by atoms with Crippen molar-refractivity contribution >= 4 is 17.5 Å². The molecule has 0 radical (unpaired) electrons. The highest BCUT2D eigenvalue weighted by Crippen LogP contribution is 2.31. The van der Waals surface area contributed by atoms with Gasteiger partial charge in [0.1, 0.15) is 29.7 Å². The molecule has 1 N–H and O–H groups in total. The van der Waals surface area contributed by atoms with Gasteiger partial charge in [0.15, 0.2) is 0 Å². The van der Waals surface area contributed by atoms with E-state index in [1.54, 1.807) is 30.3 Å². The van der Waals surface area contributed by atoms with Crippen LogP contribution in [0.2, 0.25) is 5.02 Å². The Hall–Kier alpha value is -2.27. The molecule has 24 heavy (non-hydrogen) atoms. The molecular formula is C18H17ClFNO3. The molecule has 1 fully saturated rings. The van der Waals surface area contributed by atoms with Crippen LogP contribution in [0.5, 0.6) is 17.2 Å². The first-order chi connectivity index (χ1) is 11.6. The molecule has 3 rings (SSSR count). The Kier molecular flexibility index (Phi) is 5.20. The third-order valence-corrected chi connectivity index (χ3v) is 3.84. The minimum Gasteiger partial charge on any atom is -0.490 e. The lowest BCUT2D eigenvalue weighted by Crippen LogP contribution is -2.29. The Labute approximate surface area is 144 Å². The van der Waals surface area contributed by atoms with Crippen LogP contribution in [0.25, 0.3) is 0 Å². The van der Waals surface area contributed by atoms with Crippen molar-refractivity contribution in [1.29, 1.82) is 0 Å². The first-order valence-electron chi connectivity index (χ1n) is 7.75. The van der Waals surface area contributed by atoms with Crippen molar-refractivity contribution in [2.24, 2.45) is 5.92 Å². The molecule has 1 saturated carbocycles. The molecule has 0 aliphatic heterocycles. The number of benzene rings is 2. The van der Waals surface area contributed by atoms with Crippen molar-refractivity contribution in [3.05, 3.63) is 53.3 Å². The zero-order chi connectivity index (χ0) is 16.9. The van der Waals surface area contributed by atoms with E-state index in [2.05, 4.69) is 5.32 Å². The Morgan fingerprint density at radius 1 is 1.21 bits per heavy atom. The fraction of sp³-hybridized carbons (Fsp3) is 0.278. The summed E-state index contributed by atoms with van der Waals surface area (Å²) < 4.78 is 24.2. The highest BCUT2D eigenvalue weighted by Gasteiger charge is 2.29. The van der Waals surface area contributed by atoms with Crippen LogP contribution in [0.1, 0.15) is 12.8 Å². The molecule has 0 aromatic heterocycles. The first-order valence-corrected chi connectivity index (χ1v) is 8.13. The Balaban J connectivity index is 1.51. The van der Waals surface area contributed by atoms with Gasteiger partial charge in [-0.15, -0.1) is 0 Å². The number of carbonyl (C=O) groups excluding carboxylic acids is 1. The number of nitrogens with one attached hydrogen (secondary N) is 1. The summed E-state index contributed by atoms with van der Waals surface area (Å²) in [7, 11) is 0. The van der Waals surface area contributed by atoms with E-state index in [-0.39, 0.29) is 17.6 Å². The molecule has 0 bridgehead atoms. The molecule has 126 valence electrons. The van der Waals surface area contributed by atoms with Crippen molar-refractivity contribution in [3.8, 4) is 17.2 Å². The number of halogens is 2. The van der Waals surface area contributed by atoms with E-state index in [1.165, 1.54) is 12.1 Å². The van der Waals surface area contributed by atoms with E-state index in [9.17, 15) is 9.18 Å². The number of carbonyl (C=O) groups is 1. The van der Waals surface area contributed by atoms with Crippen LogP contribution in [0.15, 0.2) is 42.5 Å². The SMILES string of the molecule is O=C(NCCOc1ccc(Oc2cccc(F)c2)cc1Cl)C1CC1. The van der Waals surface area contributed by atoms with Gasteiger partial charge in [0, 0.05) is 18.1 Å². The van der Waals surface area contributed by atoms with E-state index in [0.717, 1.165) is 12.8 Å². The molecule has 2 aromatic carbocycles. The van der Waals surface area contributed by atoms with Gasteiger partial charge in [0.05, 0.1) is 11.6 Å². The maximum atomic E-state index is 13.1. The monoisotopic (exact) mass is 349 g/mol. The van der Waals surface area contributed by atoms with Gasteiger partial charge in [0.25, 0.3) is 0 Å². The number of amides is 1. The summed E-state index contributed by atoms with van der Waals surface area (Å²) in [6.07, 6.45) is 1.95. The summed E-state index contributed by atoms with van der Waals surface area (Å²) in [6, 6.07) is 10.8. The summed E-state index contributed by atoms with van der Waals surface area (Å²) in [4.78, 5) is 11.5. The minimum atomic E-state index is -0.369. The number of hydrogen-bond donors (Lipinski definition) is 1. The van der Waals surface area contributed by atoms with Gasteiger partial charge in [-0.2, -0.15) is 0 Å². The van der Waals surface area contributed by atoms with E-state index < -0.39 is 0 Å². The molecular weight excluding hydrogens is 333 g/mol. The van der Waals surface area contributed by atoms with Crippen LogP contribution >= 0.6 is 11.6 Å². The highest BCUT2D eigenvalue weighted by atomic mass is 35.5. The zero-order valence-electron chi connectivity index (χ0n) is 12.9. The van der Waals surface area contributed by atoms with E-state index >= 15 is 0 Å². The van der Waals surface area contributed by atoms with Crippen LogP contribution in [0, 0.1) is 11.7 Å². The predicted octanol–water partition coefficient (Wildman–Crippen LogP) is 4.18. The lowest BCUT2D eigenvalue weighted by atomic mass is 10.3. The number of hydrogen-bond acceptors (Lipinski definition) is 3. The fourth-order valence-electron chi connectivity index (χ4n) is 2.15. The lowest BCUT2D eigenvalue weighted by molar-refractivity contribution is -0.122. The second-order valence-corrected chi connectivity index (χ2v) is 5.97. The van der Waals surface area contributed by atoms with Gasteiger partial charge in [-0.3, -0.25) is 4.79 Å². The highest BCUT2D eigenvalue weighted by molar-refractivity contribution is 6.32. The molecule has 0 unspecified atom stereocenters. The van der Waals surface area contributed by atoms with Gasteiger partial charge in [0.2, 0.25) is 5.91 Å². The molecule has 6 heteroatoms. The lowest BCUT2D eigenvalue weighted by Gasteiger charge is -2.11. The van der Waals surface area contributed by atoms with Crippen LogP contribution in [-0.4, -0.2) is 19.1 Å². The largest absolute Gasteiger partial charge is 0.490 e. The topological polar surface area (TPSA) is 47.6 Å². The van der Waals surface area contributed by atoms with E-state index in [4.69, 9.17) is 21.1 Å². The zero-order valence-corrected chi connectivity index (χ0v) is 13.7. The average molecular weight is 350 g/mol. The quantitative estimate of drug-likeness (QED) is 0.763. The molecule has 1 aliphatic rings. The predicted molar refractivity (Wildman–Crippen MR) is 89.2 cm³/mol. The van der Waals surface area contributed by atoms with Crippen LogP contribution in [0.3, 0.4) is 0 Å². The molecule has 0 atom stereocenters. The Morgan fingerprint density at radius 3 is 2.71 bits per heavy atom. The standard InChI is InChI=1S/C18H17ClFNO3/c19-16-11-15(24-14-3-1-2-13(20)10-14)6-7-17(16)23-9-8-21-18(22)12-4-5-12/h1-3,6-7,10-12H,4-5,8-9H2,(H,21,22). The van der Waals surface area contributed by atoms with Crippen molar-refractivity contribution in [1.82, 2.24) is 5.32 Å². The number of rotatable bonds is 7. The first kappa shape index (κ1) is 16.6. The summed E-state index contributed by atoms with van der Waals surface area (Å²) >= 11 is 6.16. The molecule has 0 saturated heterocycles. The third kappa shape index (κ3) is 4.61. The van der Waals surface area contributed by atoms with Gasteiger partial charge >= 0.3 is 0 Å². The van der Waals surface area contributed by atoms with Gasteiger partial charge < -0.3 is 14.8 Å². The minimum absolute atomic E-state index is 0.0866. The Bertz CT molecular complexity index is 734. The van der Waals surface area contributed by atoms with Crippen LogP contribution in [-0.2, 0) is 4.79 Å². The second kappa shape index (κ2) is 7.53. The molecule has 4 nitrogen and oxygen atoms in total. The van der Waals surface area contributed by atoms with Crippen molar-refractivity contribution in [2.75, 3.05) is 13.2 Å². The fourth-order valence-corrected chi connectivity index (χ4v) is 2.38. The molecule has 0 heterocycles. The van der Waals surface area contributed by atoms with Gasteiger partial charge in [-0.05, 0) is 37.1 Å². The van der Waals surface area contributed by atoms with Crippen molar-refractivity contribution in [2.45, 2.75) is 12.8 Å². The maximum absolute atomic E-state index is 13.1. The average Bonchev–Trinajstić information content (AvgIpc) is 3.38. The molecule has 0 spiro atoms. The van der Waals surface area contributed by atoms with Crippen molar-refractivity contribution in [3.63, 3.8) is 0 Å². The maximum Gasteiger partial charge on any atom is 0.223 e. The van der Waals surface area contributed by atoms with Gasteiger partial charge in [-0.1, -0.05) is 17.7 Å². The van der Waals surface area contributed by atoms with Crippen molar-refractivity contribution < 1.29 is 18.7 Å². The molecule has 1 aliphatic carbocycles. The van der Waals surface area contributed by atoms with Crippen LogP contribution in [0.4, 0.5) is 4.39 Å². The third-order valence-electron chi connectivity index (χ3n) is 3.54.